The number of ether oxygens (including phenoxy) is 2. The minimum absolute atomic E-state index is 0.0694. The lowest BCUT2D eigenvalue weighted by atomic mass is 10.0. The summed E-state index contributed by atoms with van der Waals surface area (Å²) in [6, 6.07) is 10.2. The molecular formula is C18H16N2O4. The van der Waals surface area contributed by atoms with Crippen LogP contribution in [0.2, 0.25) is 0 Å². The lowest BCUT2D eigenvalue weighted by molar-refractivity contribution is 0.0998. The molecule has 0 unspecified atom stereocenters. The second-order valence-corrected chi connectivity index (χ2v) is 5.22. The van der Waals surface area contributed by atoms with Crippen molar-refractivity contribution in [2.24, 2.45) is 5.73 Å². The first-order valence-corrected chi connectivity index (χ1v) is 7.18. The van der Waals surface area contributed by atoms with E-state index < -0.39 is 5.91 Å². The number of amides is 1. The number of aromatic nitrogens is 1. The number of primary amides is 1. The first-order chi connectivity index (χ1) is 11.5. The summed E-state index contributed by atoms with van der Waals surface area (Å²) in [6.45, 7) is 0. The maximum absolute atomic E-state index is 11.4. The molecule has 0 bridgehead atoms. The highest BCUT2D eigenvalue weighted by Crippen LogP contribution is 2.33. The molecule has 6 nitrogen and oxygen atoms in total. The molecule has 122 valence electrons. The van der Waals surface area contributed by atoms with Crippen LogP contribution in [0.3, 0.4) is 0 Å². The van der Waals surface area contributed by atoms with E-state index in [1.54, 1.807) is 38.6 Å². The van der Waals surface area contributed by atoms with E-state index in [1.807, 2.05) is 12.1 Å². The summed E-state index contributed by atoms with van der Waals surface area (Å²) in [5, 5.41) is 10.6. The molecule has 1 heterocycles. The summed E-state index contributed by atoms with van der Waals surface area (Å²) < 4.78 is 10.6. The van der Waals surface area contributed by atoms with Gasteiger partial charge in [-0.25, -0.2) is 0 Å². The van der Waals surface area contributed by atoms with E-state index in [0.717, 1.165) is 22.0 Å². The highest BCUT2D eigenvalue weighted by atomic mass is 16.5. The third-order valence-corrected chi connectivity index (χ3v) is 3.78. The zero-order chi connectivity index (χ0) is 17.3. The number of aromatic hydroxyl groups is 1. The van der Waals surface area contributed by atoms with Crippen LogP contribution in [0.15, 0.2) is 42.6 Å². The highest BCUT2D eigenvalue weighted by molar-refractivity contribution is 5.97. The van der Waals surface area contributed by atoms with Crippen LogP contribution in [0.25, 0.3) is 22.0 Å². The van der Waals surface area contributed by atoms with E-state index in [0.29, 0.717) is 11.5 Å². The molecule has 6 heteroatoms. The molecule has 3 N–H and O–H groups in total. The lowest BCUT2D eigenvalue weighted by Crippen LogP contribution is -2.11. The molecule has 0 saturated carbocycles. The van der Waals surface area contributed by atoms with E-state index in [4.69, 9.17) is 15.2 Å². The van der Waals surface area contributed by atoms with Gasteiger partial charge in [-0.2, -0.15) is 0 Å². The standard InChI is InChI=1S/C18H16N2O4/c1-23-16-7-11-5-12(9-20-14(11)8-17(16)24-2)10-3-4-15(21)13(6-10)18(19)22/h3-9,21H,1-2H3,(H2,19,22). The molecule has 0 radical (unpaired) electrons. The summed E-state index contributed by atoms with van der Waals surface area (Å²) in [6.07, 6.45) is 1.69. The van der Waals surface area contributed by atoms with Gasteiger partial charge in [-0.1, -0.05) is 6.07 Å². The summed E-state index contributed by atoms with van der Waals surface area (Å²) >= 11 is 0. The van der Waals surface area contributed by atoms with Crippen molar-refractivity contribution in [3.63, 3.8) is 0 Å². The number of nitrogens with zero attached hydrogens (tertiary/aromatic N) is 1. The zero-order valence-electron chi connectivity index (χ0n) is 13.2. The number of methoxy groups -OCH3 is 2. The average molecular weight is 324 g/mol. The second kappa shape index (κ2) is 6.08. The van der Waals surface area contributed by atoms with Gasteiger partial charge >= 0.3 is 0 Å². The highest BCUT2D eigenvalue weighted by Gasteiger charge is 2.11. The molecule has 2 aromatic carbocycles. The Morgan fingerprint density at radius 1 is 1.04 bits per heavy atom. The van der Waals surface area contributed by atoms with Gasteiger partial charge < -0.3 is 20.3 Å². The molecule has 3 rings (SSSR count). The summed E-state index contributed by atoms with van der Waals surface area (Å²) in [5.41, 5.74) is 7.62. The van der Waals surface area contributed by atoms with Gasteiger partial charge in [0, 0.05) is 23.2 Å². The molecular weight excluding hydrogens is 308 g/mol. The van der Waals surface area contributed by atoms with Crippen LogP contribution >= 0.6 is 0 Å². The van der Waals surface area contributed by atoms with Gasteiger partial charge in [-0.05, 0) is 29.8 Å². The van der Waals surface area contributed by atoms with E-state index in [9.17, 15) is 9.90 Å². The Morgan fingerprint density at radius 2 is 1.75 bits per heavy atom. The number of hydrogen-bond donors (Lipinski definition) is 2. The van der Waals surface area contributed by atoms with Crippen LogP contribution in [-0.2, 0) is 0 Å². The fraction of sp³-hybridized carbons (Fsp3) is 0.111. The number of fused-ring (bicyclic) bond motifs is 1. The van der Waals surface area contributed by atoms with Crippen molar-refractivity contribution >= 4 is 16.8 Å². The Labute approximate surface area is 138 Å². The monoisotopic (exact) mass is 324 g/mol. The van der Waals surface area contributed by atoms with Gasteiger partial charge in [0.1, 0.15) is 5.75 Å². The summed E-state index contributed by atoms with van der Waals surface area (Å²) in [4.78, 5) is 15.8. The quantitative estimate of drug-likeness (QED) is 0.769. The smallest absolute Gasteiger partial charge is 0.252 e. The Balaban J connectivity index is 2.14. The average Bonchev–Trinajstić information content (AvgIpc) is 2.60. The summed E-state index contributed by atoms with van der Waals surface area (Å²) in [5.74, 6) is 0.374. The van der Waals surface area contributed by atoms with Crippen LogP contribution < -0.4 is 15.2 Å². The number of hydrogen-bond acceptors (Lipinski definition) is 5. The minimum Gasteiger partial charge on any atom is -0.507 e. The molecule has 0 fully saturated rings. The van der Waals surface area contributed by atoms with Crippen molar-refractivity contribution in [2.75, 3.05) is 14.2 Å². The van der Waals surface area contributed by atoms with Gasteiger partial charge in [0.15, 0.2) is 11.5 Å². The number of phenols is 1. The van der Waals surface area contributed by atoms with Crippen molar-refractivity contribution in [1.29, 1.82) is 0 Å². The van der Waals surface area contributed by atoms with Crippen molar-refractivity contribution in [2.45, 2.75) is 0 Å². The number of rotatable bonds is 4. The largest absolute Gasteiger partial charge is 0.507 e. The molecule has 0 atom stereocenters. The number of pyridine rings is 1. The predicted molar refractivity (Wildman–Crippen MR) is 90.5 cm³/mol. The van der Waals surface area contributed by atoms with Gasteiger partial charge in [-0.15, -0.1) is 0 Å². The zero-order valence-corrected chi connectivity index (χ0v) is 13.2. The molecule has 0 aliphatic carbocycles. The maximum atomic E-state index is 11.4. The third kappa shape index (κ3) is 2.69. The molecule has 1 aromatic heterocycles. The van der Waals surface area contributed by atoms with E-state index in [1.165, 1.54) is 6.07 Å². The van der Waals surface area contributed by atoms with Crippen molar-refractivity contribution in [3.05, 3.63) is 48.2 Å². The predicted octanol–water partition coefficient (Wildman–Crippen LogP) is 2.72. The Hall–Kier alpha value is -3.28. The first-order valence-electron chi connectivity index (χ1n) is 7.18. The molecule has 3 aromatic rings. The Kier molecular flexibility index (Phi) is 3.95. The van der Waals surface area contributed by atoms with Gasteiger partial charge in [-0.3, -0.25) is 9.78 Å². The SMILES string of the molecule is COc1cc2cc(-c3ccc(O)c(C(N)=O)c3)cnc2cc1OC. The molecule has 24 heavy (non-hydrogen) atoms. The topological polar surface area (TPSA) is 94.7 Å². The van der Waals surface area contributed by atoms with Crippen LogP contribution in [-0.4, -0.2) is 30.2 Å². The van der Waals surface area contributed by atoms with Gasteiger partial charge in [0.05, 0.1) is 25.3 Å². The van der Waals surface area contributed by atoms with E-state index in [-0.39, 0.29) is 11.3 Å². The maximum Gasteiger partial charge on any atom is 0.252 e. The van der Waals surface area contributed by atoms with Gasteiger partial charge in [0.2, 0.25) is 0 Å². The molecule has 0 aliphatic rings. The number of carbonyl (C=O) groups excluding carboxylic acids is 1. The molecule has 0 spiro atoms. The van der Waals surface area contributed by atoms with Crippen LogP contribution in [0.5, 0.6) is 17.2 Å². The van der Waals surface area contributed by atoms with Crippen molar-refractivity contribution in [1.82, 2.24) is 4.98 Å². The van der Waals surface area contributed by atoms with Gasteiger partial charge in [0.25, 0.3) is 5.91 Å². The van der Waals surface area contributed by atoms with Crippen LogP contribution in [0.4, 0.5) is 0 Å². The fourth-order valence-corrected chi connectivity index (χ4v) is 2.53. The van der Waals surface area contributed by atoms with E-state index >= 15 is 0 Å². The van der Waals surface area contributed by atoms with Crippen molar-refractivity contribution in [3.8, 4) is 28.4 Å². The van der Waals surface area contributed by atoms with Crippen LogP contribution in [0.1, 0.15) is 10.4 Å². The molecule has 0 aliphatic heterocycles. The van der Waals surface area contributed by atoms with E-state index in [2.05, 4.69) is 4.98 Å². The first kappa shape index (κ1) is 15.6. The summed E-state index contributed by atoms with van der Waals surface area (Å²) in [7, 11) is 3.14. The third-order valence-electron chi connectivity index (χ3n) is 3.78. The lowest BCUT2D eigenvalue weighted by Gasteiger charge is -2.10. The molecule has 1 amide bonds. The number of benzene rings is 2. The number of nitrogens with two attached hydrogens (primary N) is 1. The number of carbonyl (C=O) groups is 1. The Bertz CT molecular complexity index is 938. The minimum atomic E-state index is -0.686. The van der Waals surface area contributed by atoms with Crippen LogP contribution in [0, 0.1) is 0 Å². The second-order valence-electron chi connectivity index (χ2n) is 5.22. The molecule has 0 saturated heterocycles. The normalized spacial score (nSPS) is 10.6. The fourth-order valence-electron chi connectivity index (χ4n) is 2.53. The van der Waals surface area contributed by atoms with Crippen molar-refractivity contribution < 1.29 is 19.4 Å². The Morgan fingerprint density at radius 3 is 2.42 bits per heavy atom.